The van der Waals surface area contributed by atoms with E-state index >= 15 is 0 Å². The molecule has 0 spiro atoms. The summed E-state index contributed by atoms with van der Waals surface area (Å²) in [5.74, 6) is 0.259. The van der Waals surface area contributed by atoms with Crippen molar-refractivity contribution < 1.29 is 9.53 Å². The molecule has 0 unspecified atom stereocenters. The largest absolute Gasteiger partial charge is 0.484 e. The van der Waals surface area contributed by atoms with E-state index in [0.717, 1.165) is 5.69 Å². The average molecular weight is 354 g/mol. The number of nitrogen functional groups attached to an aromatic ring is 2. The van der Waals surface area contributed by atoms with Crippen LogP contribution in [-0.4, -0.2) is 39.5 Å². The molecule has 0 saturated heterocycles. The Morgan fingerprint density at radius 1 is 1.23 bits per heavy atom. The Hall–Kier alpha value is -3.69. The number of nitrogens with two attached hydrogens (primary N) is 3. The number of amides is 1. The molecule has 1 aromatic carbocycles. The molecule has 0 aliphatic rings. The number of rotatable bonds is 6. The Kier molecular flexibility index (Phi) is 4.65. The van der Waals surface area contributed by atoms with Gasteiger partial charge in [-0.15, -0.1) is 0 Å². The summed E-state index contributed by atoms with van der Waals surface area (Å²) < 4.78 is 5.32. The zero-order valence-corrected chi connectivity index (χ0v) is 14.1. The third-order valence-corrected chi connectivity index (χ3v) is 3.54. The molecule has 26 heavy (non-hydrogen) atoms. The lowest BCUT2D eigenvalue weighted by Crippen LogP contribution is -2.20. The van der Waals surface area contributed by atoms with Crippen molar-refractivity contribution in [2.75, 3.05) is 30.0 Å². The first kappa shape index (κ1) is 17.1. The van der Waals surface area contributed by atoms with Crippen LogP contribution < -0.4 is 26.8 Å². The molecular formula is C16H18N8O2. The highest BCUT2D eigenvalue weighted by Crippen LogP contribution is 2.22. The van der Waals surface area contributed by atoms with Crippen molar-refractivity contribution in [3.8, 4) is 5.75 Å². The lowest BCUT2D eigenvalue weighted by Gasteiger charge is -2.19. The number of carbonyl (C=O) groups excluding carboxylic acids is 1. The molecule has 0 atom stereocenters. The Labute approximate surface area is 149 Å². The molecule has 2 heterocycles. The number of benzene rings is 1. The summed E-state index contributed by atoms with van der Waals surface area (Å²) in [4.78, 5) is 29.4. The molecular weight excluding hydrogens is 336 g/mol. The monoisotopic (exact) mass is 354 g/mol. The maximum absolute atomic E-state index is 10.8. The second-order valence-electron chi connectivity index (χ2n) is 5.61. The molecule has 0 fully saturated rings. The zero-order valence-electron chi connectivity index (χ0n) is 14.1. The van der Waals surface area contributed by atoms with Crippen LogP contribution in [0.1, 0.15) is 5.69 Å². The van der Waals surface area contributed by atoms with E-state index < -0.39 is 5.91 Å². The predicted octanol–water partition coefficient (Wildman–Crippen LogP) is 0.0847. The van der Waals surface area contributed by atoms with Crippen molar-refractivity contribution in [3.63, 3.8) is 0 Å². The van der Waals surface area contributed by atoms with Gasteiger partial charge in [-0.1, -0.05) is 6.07 Å². The highest BCUT2D eigenvalue weighted by Gasteiger charge is 2.10. The fourth-order valence-corrected chi connectivity index (χ4v) is 2.36. The first-order valence-corrected chi connectivity index (χ1v) is 7.69. The number of nitrogens with zero attached hydrogens (tertiary/aromatic N) is 5. The van der Waals surface area contributed by atoms with Gasteiger partial charge in [0.05, 0.1) is 18.4 Å². The molecule has 0 bridgehead atoms. The van der Waals surface area contributed by atoms with Crippen molar-refractivity contribution in [3.05, 3.63) is 36.2 Å². The average Bonchev–Trinajstić information content (AvgIpc) is 2.60. The minimum absolute atomic E-state index is 0.0574. The maximum atomic E-state index is 10.8. The normalized spacial score (nSPS) is 10.7. The van der Waals surface area contributed by atoms with Gasteiger partial charge in [0.25, 0.3) is 5.91 Å². The van der Waals surface area contributed by atoms with Crippen LogP contribution in [0.3, 0.4) is 0 Å². The summed E-state index contributed by atoms with van der Waals surface area (Å²) in [6.45, 7) is 0.289. The fraction of sp³-hybridized carbons (Fsp3) is 0.188. The van der Waals surface area contributed by atoms with Crippen molar-refractivity contribution in [2.24, 2.45) is 5.73 Å². The van der Waals surface area contributed by atoms with Gasteiger partial charge >= 0.3 is 0 Å². The summed E-state index contributed by atoms with van der Waals surface area (Å²) in [5, 5.41) is 0. The van der Waals surface area contributed by atoms with E-state index in [1.54, 1.807) is 18.3 Å². The predicted molar refractivity (Wildman–Crippen MR) is 97.2 cm³/mol. The van der Waals surface area contributed by atoms with Gasteiger partial charge in [-0.05, 0) is 12.1 Å². The van der Waals surface area contributed by atoms with Gasteiger partial charge < -0.3 is 26.8 Å². The number of hydrogen-bond donors (Lipinski definition) is 3. The lowest BCUT2D eigenvalue weighted by atomic mass is 10.2. The van der Waals surface area contributed by atoms with Crippen LogP contribution in [0.15, 0.2) is 30.5 Å². The van der Waals surface area contributed by atoms with Crippen molar-refractivity contribution >= 4 is 34.5 Å². The van der Waals surface area contributed by atoms with Crippen LogP contribution in [0.2, 0.25) is 0 Å². The molecule has 10 nitrogen and oxygen atoms in total. The number of fused-ring (bicyclic) bond motifs is 1. The number of anilines is 3. The number of hydrogen-bond acceptors (Lipinski definition) is 9. The van der Waals surface area contributed by atoms with Gasteiger partial charge in [-0.3, -0.25) is 4.79 Å². The fourth-order valence-electron chi connectivity index (χ4n) is 2.36. The van der Waals surface area contributed by atoms with Crippen LogP contribution in [-0.2, 0) is 11.3 Å². The van der Waals surface area contributed by atoms with E-state index in [2.05, 4.69) is 19.9 Å². The van der Waals surface area contributed by atoms with E-state index in [0.29, 0.717) is 29.2 Å². The zero-order chi connectivity index (χ0) is 18.7. The summed E-state index contributed by atoms with van der Waals surface area (Å²) in [7, 11) is 1.89. The molecule has 0 aliphatic carbocycles. The second kappa shape index (κ2) is 7.05. The maximum Gasteiger partial charge on any atom is 0.255 e. The Morgan fingerprint density at radius 3 is 2.81 bits per heavy atom. The Balaban J connectivity index is 1.79. The molecule has 2 aromatic heterocycles. The van der Waals surface area contributed by atoms with E-state index in [1.165, 1.54) is 0 Å². The molecule has 0 radical (unpaired) electrons. The van der Waals surface area contributed by atoms with E-state index in [-0.39, 0.29) is 18.4 Å². The van der Waals surface area contributed by atoms with Crippen molar-refractivity contribution in [2.45, 2.75) is 6.54 Å². The van der Waals surface area contributed by atoms with Gasteiger partial charge in [0.1, 0.15) is 5.75 Å². The molecule has 1 amide bonds. The van der Waals surface area contributed by atoms with Crippen LogP contribution >= 0.6 is 0 Å². The van der Waals surface area contributed by atoms with Crippen LogP contribution in [0, 0.1) is 0 Å². The smallest absolute Gasteiger partial charge is 0.255 e. The first-order chi connectivity index (χ1) is 12.4. The first-order valence-electron chi connectivity index (χ1n) is 7.69. The summed E-state index contributed by atoms with van der Waals surface area (Å²) in [5.41, 5.74) is 18.8. The van der Waals surface area contributed by atoms with E-state index in [1.807, 2.05) is 24.1 Å². The Morgan fingerprint density at radius 2 is 2.04 bits per heavy atom. The summed E-state index contributed by atoms with van der Waals surface area (Å²) in [6, 6.07) is 7.28. The lowest BCUT2D eigenvalue weighted by molar-refractivity contribution is -0.119. The van der Waals surface area contributed by atoms with Gasteiger partial charge in [0.15, 0.2) is 23.6 Å². The molecule has 0 saturated carbocycles. The number of aromatic nitrogens is 4. The molecule has 3 aromatic rings. The second-order valence-corrected chi connectivity index (χ2v) is 5.61. The van der Waals surface area contributed by atoms with Gasteiger partial charge in [-0.25, -0.2) is 9.97 Å². The summed E-state index contributed by atoms with van der Waals surface area (Å²) >= 11 is 0. The number of carbonyl (C=O) groups is 1. The molecule has 10 heteroatoms. The van der Waals surface area contributed by atoms with Gasteiger partial charge in [-0.2, -0.15) is 9.97 Å². The Bertz CT molecular complexity index is 962. The highest BCUT2D eigenvalue weighted by atomic mass is 16.5. The van der Waals surface area contributed by atoms with E-state index in [4.69, 9.17) is 21.9 Å². The quantitative estimate of drug-likeness (QED) is 0.557. The van der Waals surface area contributed by atoms with Crippen molar-refractivity contribution in [1.82, 2.24) is 19.9 Å². The highest BCUT2D eigenvalue weighted by molar-refractivity contribution is 5.81. The third-order valence-electron chi connectivity index (χ3n) is 3.54. The standard InChI is InChI=1S/C16H18N8O2/c1-24(10-3-2-4-11(5-10)26-8-12(17)25)7-9-6-20-15-13(21-9)14(18)22-16(19)23-15/h2-6H,7-8H2,1H3,(H2,17,25)(H4,18,19,20,22,23). The molecule has 6 N–H and O–H groups in total. The minimum atomic E-state index is -0.532. The SMILES string of the molecule is CN(Cc1cnc2nc(N)nc(N)c2n1)c1cccc(OCC(N)=O)c1. The number of primary amides is 1. The van der Waals surface area contributed by atoms with Crippen LogP contribution in [0.25, 0.3) is 11.2 Å². The third kappa shape index (κ3) is 3.86. The van der Waals surface area contributed by atoms with E-state index in [9.17, 15) is 4.79 Å². The van der Waals surface area contributed by atoms with Crippen molar-refractivity contribution in [1.29, 1.82) is 0 Å². The molecule has 3 rings (SSSR count). The summed E-state index contributed by atoms with van der Waals surface area (Å²) in [6.07, 6.45) is 1.61. The minimum Gasteiger partial charge on any atom is -0.484 e. The van der Waals surface area contributed by atoms with Gasteiger partial charge in [0, 0.05) is 18.8 Å². The molecule has 134 valence electrons. The topological polar surface area (TPSA) is 159 Å². The van der Waals surface area contributed by atoms with Gasteiger partial charge in [0.2, 0.25) is 5.95 Å². The molecule has 0 aliphatic heterocycles. The van der Waals surface area contributed by atoms with Crippen LogP contribution in [0.4, 0.5) is 17.5 Å². The number of ether oxygens (including phenoxy) is 1. The van der Waals surface area contributed by atoms with Crippen LogP contribution in [0.5, 0.6) is 5.75 Å².